The predicted molar refractivity (Wildman–Crippen MR) is 106 cm³/mol. The number of rotatable bonds is 7. The maximum atomic E-state index is 12.8. The Morgan fingerprint density at radius 1 is 1.17 bits per heavy atom. The van der Waals surface area contributed by atoms with Gasteiger partial charge < -0.3 is 10.6 Å². The van der Waals surface area contributed by atoms with E-state index in [0.717, 1.165) is 32.0 Å². The molecule has 0 bridgehead atoms. The van der Waals surface area contributed by atoms with Crippen molar-refractivity contribution in [3.63, 3.8) is 0 Å². The molecule has 30 heavy (non-hydrogen) atoms. The van der Waals surface area contributed by atoms with E-state index < -0.39 is 22.4 Å². The minimum absolute atomic E-state index is 0.00283. The van der Waals surface area contributed by atoms with Crippen LogP contribution in [0.4, 0.5) is 36.3 Å². The van der Waals surface area contributed by atoms with Gasteiger partial charge in [-0.15, -0.1) is 0 Å². The van der Waals surface area contributed by atoms with Gasteiger partial charge in [0.05, 0.1) is 15.5 Å². The van der Waals surface area contributed by atoms with E-state index in [-0.39, 0.29) is 22.5 Å². The minimum Gasteiger partial charge on any atom is -0.364 e. The standard InChI is InChI=1S/C18H18ClF3N6O2/c19-13-8-12(18(20,21)22)9-24-15(13)27-17-14(28(29)30)16(25-10-26-17)23-7-6-11-4-2-1-3-5-11/h4,8-10H,1-3,5-7H2,(H2,23,24,25,26,27). The lowest BCUT2D eigenvalue weighted by atomic mass is 9.97. The first-order valence-electron chi connectivity index (χ1n) is 9.16. The zero-order valence-electron chi connectivity index (χ0n) is 15.7. The van der Waals surface area contributed by atoms with Crippen molar-refractivity contribution in [1.29, 1.82) is 0 Å². The summed E-state index contributed by atoms with van der Waals surface area (Å²) in [5.74, 6) is -0.426. The molecule has 1 aliphatic carbocycles. The highest BCUT2D eigenvalue weighted by Gasteiger charge is 2.32. The molecule has 160 valence electrons. The molecule has 0 fully saturated rings. The molecule has 0 saturated carbocycles. The van der Waals surface area contributed by atoms with E-state index in [4.69, 9.17) is 11.6 Å². The van der Waals surface area contributed by atoms with Gasteiger partial charge in [0.25, 0.3) is 0 Å². The maximum Gasteiger partial charge on any atom is 0.417 e. The summed E-state index contributed by atoms with van der Waals surface area (Å²) in [6.45, 7) is 0.447. The molecule has 12 heteroatoms. The molecule has 2 aromatic heterocycles. The van der Waals surface area contributed by atoms with Crippen LogP contribution in [-0.2, 0) is 6.18 Å². The number of halogens is 4. The SMILES string of the molecule is O=[N+]([O-])c1c(NCCC2=CCCCC2)ncnc1Nc1ncc(C(F)(F)F)cc1Cl. The molecular weight excluding hydrogens is 425 g/mol. The van der Waals surface area contributed by atoms with E-state index in [1.54, 1.807) is 0 Å². The van der Waals surface area contributed by atoms with E-state index in [0.29, 0.717) is 18.8 Å². The van der Waals surface area contributed by atoms with Gasteiger partial charge in [0, 0.05) is 12.7 Å². The molecule has 0 aromatic carbocycles. The molecular formula is C18H18ClF3N6O2. The number of nitrogens with one attached hydrogen (secondary N) is 2. The normalized spacial score (nSPS) is 14.2. The maximum absolute atomic E-state index is 12.8. The fraction of sp³-hybridized carbons (Fsp3) is 0.389. The molecule has 0 atom stereocenters. The van der Waals surface area contributed by atoms with Gasteiger partial charge in [-0.3, -0.25) is 10.1 Å². The Labute approximate surface area is 174 Å². The van der Waals surface area contributed by atoms with Crippen LogP contribution in [0, 0.1) is 10.1 Å². The zero-order chi connectivity index (χ0) is 21.7. The van der Waals surface area contributed by atoms with Crippen molar-refractivity contribution < 1.29 is 18.1 Å². The molecule has 0 saturated heterocycles. The molecule has 0 aliphatic heterocycles. The Morgan fingerprint density at radius 2 is 1.93 bits per heavy atom. The van der Waals surface area contributed by atoms with Crippen molar-refractivity contribution in [1.82, 2.24) is 15.0 Å². The summed E-state index contributed by atoms with van der Waals surface area (Å²) in [4.78, 5) is 22.3. The molecule has 0 spiro atoms. The summed E-state index contributed by atoms with van der Waals surface area (Å²) in [5.41, 5.74) is -0.188. The van der Waals surface area contributed by atoms with Gasteiger partial charge in [0.15, 0.2) is 5.82 Å². The summed E-state index contributed by atoms with van der Waals surface area (Å²) in [7, 11) is 0. The summed E-state index contributed by atoms with van der Waals surface area (Å²) < 4.78 is 38.3. The molecule has 0 amide bonds. The summed E-state index contributed by atoms with van der Waals surface area (Å²) in [6.07, 6.45) is 4.35. The van der Waals surface area contributed by atoms with E-state index in [1.165, 1.54) is 12.0 Å². The lowest BCUT2D eigenvalue weighted by Gasteiger charge is -2.14. The number of anilines is 3. The highest BCUT2D eigenvalue weighted by atomic mass is 35.5. The number of hydrogen-bond acceptors (Lipinski definition) is 7. The van der Waals surface area contributed by atoms with Crippen LogP contribution in [0.15, 0.2) is 30.2 Å². The van der Waals surface area contributed by atoms with Gasteiger partial charge in [-0.05, 0) is 38.2 Å². The van der Waals surface area contributed by atoms with Crippen LogP contribution in [-0.4, -0.2) is 26.4 Å². The van der Waals surface area contributed by atoms with Crippen LogP contribution in [0.3, 0.4) is 0 Å². The van der Waals surface area contributed by atoms with E-state index in [1.807, 2.05) is 0 Å². The second kappa shape index (κ2) is 9.24. The average Bonchev–Trinajstić information content (AvgIpc) is 2.69. The average molecular weight is 443 g/mol. The Bertz CT molecular complexity index is 967. The predicted octanol–water partition coefficient (Wildman–Crippen LogP) is 5.50. The Balaban J connectivity index is 1.79. The topological polar surface area (TPSA) is 106 Å². The van der Waals surface area contributed by atoms with Crippen LogP contribution in [0.5, 0.6) is 0 Å². The molecule has 1 aliphatic rings. The van der Waals surface area contributed by atoms with Crippen molar-refractivity contribution in [2.24, 2.45) is 0 Å². The van der Waals surface area contributed by atoms with Crippen molar-refractivity contribution in [3.05, 3.63) is 50.9 Å². The number of nitrogens with zero attached hydrogens (tertiary/aromatic N) is 4. The number of allylic oxidation sites excluding steroid dienone is 1. The number of nitro groups is 1. The highest BCUT2D eigenvalue weighted by molar-refractivity contribution is 6.33. The van der Waals surface area contributed by atoms with Gasteiger partial charge in [-0.1, -0.05) is 23.3 Å². The largest absolute Gasteiger partial charge is 0.417 e. The Morgan fingerprint density at radius 3 is 2.57 bits per heavy atom. The summed E-state index contributed by atoms with van der Waals surface area (Å²) >= 11 is 5.87. The van der Waals surface area contributed by atoms with Gasteiger partial charge in [-0.2, -0.15) is 13.2 Å². The first-order chi connectivity index (χ1) is 14.3. The van der Waals surface area contributed by atoms with Crippen molar-refractivity contribution in [2.75, 3.05) is 17.2 Å². The van der Waals surface area contributed by atoms with Crippen LogP contribution in [0.1, 0.15) is 37.7 Å². The lowest BCUT2D eigenvalue weighted by Crippen LogP contribution is -2.11. The Kier molecular flexibility index (Phi) is 6.70. The lowest BCUT2D eigenvalue weighted by molar-refractivity contribution is -0.383. The van der Waals surface area contributed by atoms with Gasteiger partial charge in [-0.25, -0.2) is 15.0 Å². The number of alkyl halides is 3. The van der Waals surface area contributed by atoms with Crippen LogP contribution >= 0.6 is 11.6 Å². The van der Waals surface area contributed by atoms with E-state index in [9.17, 15) is 23.3 Å². The van der Waals surface area contributed by atoms with Gasteiger partial charge in [0.2, 0.25) is 11.6 Å². The second-order valence-corrected chi connectivity index (χ2v) is 7.05. The highest BCUT2D eigenvalue weighted by Crippen LogP contribution is 2.35. The first kappa shape index (κ1) is 21.8. The van der Waals surface area contributed by atoms with Crippen LogP contribution < -0.4 is 10.6 Å². The summed E-state index contributed by atoms with van der Waals surface area (Å²) in [6, 6.07) is 0.682. The minimum atomic E-state index is -4.61. The molecule has 2 aromatic rings. The first-order valence-corrected chi connectivity index (χ1v) is 9.54. The quantitative estimate of drug-likeness (QED) is 0.331. The smallest absolute Gasteiger partial charge is 0.364 e. The molecule has 2 heterocycles. The molecule has 0 radical (unpaired) electrons. The molecule has 0 unspecified atom stereocenters. The fourth-order valence-electron chi connectivity index (χ4n) is 3.04. The number of aromatic nitrogens is 3. The zero-order valence-corrected chi connectivity index (χ0v) is 16.4. The van der Waals surface area contributed by atoms with Crippen molar-refractivity contribution in [2.45, 2.75) is 38.3 Å². The third kappa shape index (κ3) is 5.35. The third-order valence-electron chi connectivity index (χ3n) is 4.53. The third-order valence-corrected chi connectivity index (χ3v) is 4.82. The van der Waals surface area contributed by atoms with Gasteiger partial charge in [0.1, 0.15) is 6.33 Å². The second-order valence-electron chi connectivity index (χ2n) is 6.64. The number of pyridine rings is 1. The van der Waals surface area contributed by atoms with Crippen molar-refractivity contribution >= 4 is 34.7 Å². The molecule has 8 nitrogen and oxygen atoms in total. The fourth-order valence-corrected chi connectivity index (χ4v) is 3.26. The van der Waals surface area contributed by atoms with Crippen molar-refractivity contribution in [3.8, 4) is 0 Å². The van der Waals surface area contributed by atoms with E-state index >= 15 is 0 Å². The molecule has 3 rings (SSSR count). The van der Waals surface area contributed by atoms with E-state index in [2.05, 4.69) is 31.7 Å². The van der Waals surface area contributed by atoms with Crippen LogP contribution in [0.25, 0.3) is 0 Å². The molecule has 2 N–H and O–H groups in total. The number of hydrogen-bond donors (Lipinski definition) is 2. The van der Waals surface area contributed by atoms with Gasteiger partial charge >= 0.3 is 11.9 Å². The summed E-state index contributed by atoms with van der Waals surface area (Å²) in [5, 5.41) is 16.7. The monoisotopic (exact) mass is 442 g/mol. The Hall–Kier alpha value is -2.95. The van der Waals surface area contributed by atoms with Crippen LogP contribution in [0.2, 0.25) is 5.02 Å².